The van der Waals surface area contributed by atoms with Gasteiger partial charge in [-0.25, -0.2) is 4.98 Å². The molecule has 0 aliphatic carbocycles. The maximum absolute atomic E-state index is 12.2. The van der Waals surface area contributed by atoms with Crippen LogP contribution in [-0.2, 0) is 6.18 Å². The molecule has 0 spiro atoms. The molecule has 1 heterocycles. The lowest BCUT2D eigenvalue weighted by atomic mass is 10.3. The molecule has 1 aromatic rings. The van der Waals surface area contributed by atoms with Gasteiger partial charge in [0.2, 0.25) is 5.95 Å². The summed E-state index contributed by atoms with van der Waals surface area (Å²) in [5.74, 6) is -1.17. The summed E-state index contributed by atoms with van der Waals surface area (Å²) < 4.78 is 48.1. The highest BCUT2D eigenvalue weighted by atomic mass is 32.1. The third-order valence-corrected chi connectivity index (χ3v) is 1.47. The average molecular weight is 197 g/mol. The number of thiol groups is 1. The summed E-state index contributed by atoms with van der Waals surface area (Å²) in [7, 11) is 0. The maximum Gasteiger partial charge on any atom is 0.434 e. The molecule has 0 saturated carbocycles. The summed E-state index contributed by atoms with van der Waals surface area (Å²) in [5.41, 5.74) is -1.30. The topological polar surface area (TPSA) is 12.9 Å². The van der Waals surface area contributed by atoms with Crippen LogP contribution in [0.4, 0.5) is 17.6 Å². The van der Waals surface area contributed by atoms with Gasteiger partial charge in [0.05, 0.1) is 0 Å². The molecule has 66 valence electrons. The van der Waals surface area contributed by atoms with Gasteiger partial charge < -0.3 is 0 Å². The maximum atomic E-state index is 12.2. The first kappa shape index (κ1) is 9.31. The van der Waals surface area contributed by atoms with Crippen LogP contribution in [0.25, 0.3) is 0 Å². The van der Waals surface area contributed by atoms with E-state index in [1.165, 1.54) is 0 Å². The van der Waals surface area contributed by atoms with E-state index in [-0.39, 0.29) is 4.90 Å². The minimum Gasteiger partial charge on any atom is -0.214 e. The predicted molar refractivity (Wildman–Crippen MR) is 36.4 cm³/mol. The van der Waals surface area contributed by atoms with Gasteiger partial charge in [-0.05, 0) is 12.1 Å². The van der Waals surface area contributed by atoms with Crippen molar-refractivity contribution in [1.29, 1.82) is 0 Å². The molecule has 0 aliphatic heterocycles. The molecular formula is C6H3F4NS. The molecule has 1 rings (SSSR count). The van der Waals surface area contributed by atoms with Crippen LogP contribution in [0.15, 0.2) is 17.0 Å². The molecule has 0 atom stereocenters. The van der Waals surface area contributed by atoms with Gasteiger partial charge in [0, 0.05) is 4.90 Å². The van der Waals surface area contributed by atoms with Crippen molar-refractivity contribution in [3.8, 4) is 0 Å². The zero-order valence-corrected chi connectivity index (χ0v) is 6.46. The van der Waals surface area contributed by atoms with Gasteiger partial charge in [-0.1, -0.05) is 0 Å². The third kappa shape index (κ3) is 1.88. The Kier molecular flexibility index (Phi) is 2.27. The number of alkyl halides is 3. The molecule has 0 radical (unpaired) electrons. The van der Waals surface area contributed by atoms with Gasteiger partial charge in [0.1, 0.15) is 0 Å². The summed E-state index contributed by atoms with van der Waals surface area (Å²) in [6.07, 6.45) is -4.65. The Bertz CT molecular complexity index is 296. The van der Waals surface area contributed by atoms with Gasteiger partial charge in [0.25, 0.3) is 0 Å². The molecule has 0 N–H and O–H groups in total. The van der Waals surface area contributed by atoms with E-state index in [2.05, 4.69) is 17.6 Å². The Labute approximate surface area is 70.8 Å². The second-order valence-corrected chi connectivity index (χ2v) is 2.48. The van der Waals surface area contributed by atoms with Crippen LogP contribution in [0, 0.1) is 5.95 Å². The van der Waals surface area contributed by atoms with Crippen molar-refractivity contribution in [2.45, 2.75) is 11.1 Å². The molecule has 0 fully saturated rings. The number of hydrogen-bond donors (Lipinski definition) is 1. The summed E-state index contributed by atoms with van der Waals surface area (Å²) in [4.78, 5) is 2.29. The Balaban J connectivity index is 3.23. The minimum atomic E-state index is -4.65. The number of pyridine rings is 1. The van der Waals surface area contributed by atoms with Gasteiger partial charge in [0.15, 0.2) is 5.69 Å². The molecule has 0 amide bonds. The first-order chi connectivity index (χ1) is 5.41. The smallest absolute Gasteiger partial charge is 0.214 e. The standard InChI is InChI=1S/C6H3F4NS/c7-4-2-1-3(12)5(11-4)6(8,9)10/h1-2,12H. The minimum absolute atomic E-state index is 0.385. The van der Waals surface area contributed by atoms with Crippen LogP contribution in [-0.4, -0.2) is 4.98 Å². The highest BCUT2D eigenvalue weighted by molar-refractivity contribution is 7.80. The fourth-order valence-corrected chi connectivity index (χ4v) is 0.888. The second kappa shape index (κ2) is 2.93. The lowest BCUT2D eigenvalue weighted by Gasteiger charge is -2.06. The zero-order chi connectivity index (χ0) is 9.35. The third-order valence-electron chi connectivity index (χ3n) is 1.11. The largest absolute Gasteiger partial charge is 0.434 e. The summed E-state index contributed by atoms with van der Waals surface area (Å²) in [6.45, 7) is 0. The SMILES string of the molecule is Fc1ccc(S)c(C(F)(F)F)n1. The van der Waals surface area contributed by atoms with Crippen molar-refractivity contribution >= 4 is 12.6 Å². The van der Waals surface area contributed by atoms with E-state index in [0.717, 1.165) is 12.1 Å². The fourth-order valence-electron chi connectivity index (χ4n) is 0.637. The van der Waals surface area contributed by atoms with E-state index >= 15 is 0 Å². The Morgan fingerprint density at radius 2 is 1.83 bits per heavy atom. The number of rotatable bonds is 0. The number of aromatic nitrogens is 1. The first-order valence-corrected chi connectivity index (χ1v) is 3.28. The molecule has 12 heavy (non-hydrogen) atoms. The summed E-state index contributed by atoms with van der Waals surface area (Å²) in [5, 5.41) is 0. The van der Waals surface area contributed by atoms with Gasteiger partial charge in [-0.2, -0.15) is 17.6 Å². The number of halogens is 4. The van der Waals surface area contributed by atoms with Crippen LogP contribution < -0.4 is 0 Å². The Morgan fingerprint density at radius 1 is 1.25 bits per heavy atom. The van der Waals surface area contributed by atoms with Crippen molar-refractivity contribution in [1.82, 2.24) is 4.98 Å². The first-order valence-electron chi connectivity index (χ1n) is 2.84. The van der Waals surface area contributed by atoms with Crippen LogP contribution in [0.5, 0.6) is 0 Å². The molecule has 6 heteroatoms. The molecular weight excluding hydrogens is 194 g/mol. The fraction of sp³-hybridized carbons (Fsp3) is 0.167. The second-order valence-electron chi connectivity index (χ2n) is 2.00. The highest BCUT2D eigenvalue weighted by Gasteiger charge is 2.35. The molecule has 0 unspecified atom stereocenters. The molecule has 0 bridgehead atoms. The monoisotopic (exact) mass is 197 g/mol. The molecule has 0 aliphatic rings. The van der Waals surface area contributed by atoms with Crippen LogP contribution in [0.2, 0.25) is 0 Å². The average Bonchev–Trinajstić information content (AvgIpc) is 1.92. The Hall–Kier alpha value is -0.780. The summed E-state index contributed by atoms with van der Waals surface area (Å²) in [6, 6.07) is 1.73. The van der Waals surface area contributed by atoms with E-state index in [4.69, 9.17) is 0 Å². The lowest BCUT2D eigenvalue weighted by Crippen LogP contribution is -2.10. The Morgan fingerprint density at radius 3 is 2.25 bits per heavy atom. The van der Waals surface area contributed by atoms with Gasteiger partial charge in [-0.15, -0.1) is 12.6 Å². The quantitative estimate of drug-likeness (QED) is 0.383. The van der Waals surface area contributed by atoms with Gasteiger partial charge >= 0.3 is 6.18 Å². The van der Waals surface area contributed by atoms with Crippen molar-refractivity contribution in [2.24, 2.45) is 0 Å². The highest BCUT2D eigenvalue weighted by Crippen LogP contribution is 2.31. The normalized spacial score (nSPS) is 11.8. The zero-order valence-electron chi connectivity index (χ0n) is 5.56. The van der Waals surface area contributed by atoms with E-state index in [1.807, 2.05) is 0 Å². The predicted octanol–water partition coefficient (Wildman–Crippen LogP) is 2.53. The lowest BCUT2D eigenvalue weighted by molar-refractivity contribution is -0.143. The van der Waals surface area contributed by atoms with Gasteiger partial charge in [-0.3, -0.25) is 0 Å². The van der Waals surface area contributed by atoms with E-state index < -0.39 is 17.8 Å². The van der Waals surface area contributed by atoms with Crippen LogP contribution >= 0.6 is 12.6 Å². The van der Waals surface area contributed by atoms with E-state index in [1.54, 1.807) is 0 Å². The summed E-state index contributed by atoms with van der Waals surface area (Å²) >= 11 is 3.49. The van der Waals surface area contributed by atoms with Crippen LogP contribution in [0.3, 0.4) is 0 Å². The van der Waals surface area contributed by atoms with Crippen molar-refractivity contribution in [2.75, 3.05) is 0 Å². The number of nitrogens with zero attached hydrogens (tertiary/aromatic N) is 1. The molecule has 0 aromatic carbocycles. The van der Waals surface area contributed by atoms with E-state index in [9.17, 15) is 17.6 Å². The molecule has 1 aromatic heterocycles. The number of hydrogen-bond acceptors (Lipinski definition) is 2. The van der Waals surface area contributed by atoms with Crippen LogP contribution in [0.1, 0.15) is 5.69 Å². The van der Waals surface area contributed by atoms with Crippen molar-refractivity contribution in [3.63, 3.8) is 0 Å². The van der Waals surface area contributed by atoms with Crippen molar-refractivity contribution in [3.05, 3.63) is 23.8 Å². The molecule has 0 saturated heterocycles. The van der Waals surface area contributed by atoms with Crippen molar-refractivity contribution < 1.29 is 17.6 Å². The molecule has 1 nitrogen and oxygen atoms in total. The van der Waals surface area contributed by atoms with E-state index in [0.29, 0.717) is 0 Å².